The second-order valence-corrected chi connectivity index (χ2v) is 6.31. The van der Waals surface area contributed by atoms with Gasteiger partial charge in [-0.25, -0.2) is 4.39 Å². The van der Waals surface area contributed by atoms with Crippen LogP contribution in [0.25, 0.3) is 0 Å². The van der Waals surface area contributed by atoms with Gasteiger partial charge in [-0.3, -0.25) is 0 Å². The van der Waals surface area contributed by atoms with Crippen molar-refractivity contribution in [2.45, 2.75) is 6.54 Å². The number of hydrogen-bond donors (Lipinski definition) is 1. The van der Waals surface area contributed by atoms with E-state index in [1.807, 2.05) is 12.1 Å². The van der Waals surface area contributed by atoms with Gasteiger partial charge in [0.15, 0.2) is 11.5 Å². The Balaban J connectivity index is 1.77. The number of benzene rings is 2. The third-order valence-corrected chi connectivity index (χ3v) is 4.38. The highest BCUT2D eigenvalue weighted by molar-refractivity contribution is 14.1. The number of anilines is 1. The van der Waals surface area contributed by atoms with Crippen LogP contribution < -0.4 is 14.8 Å². The summed E-state index contributed by atoms with van der Waals surface area (Å²) in [6, 6.07) is 8.60. The fourth-order valence-corrected chi connectivity index (χ4v) is 3.22. The summed E-state index contributed by atoms with van der Waals surface area (Å²) in [6.07, 6.45) is 0. The van der Waals surface area contributed by atoms with Gasteiger partial charge in [-0.05, 0) is 74.4 Å². The first-order valence-electron chi connectivity index (χ1n) is 5.90. The van der Waals surface area contributed by atoms with Crippen molar-refractivity contribution >= 4 is 44.2 Å². The van der Waals surface area contributed by atoms with Gasteiger partial charge in [0.05, 0.1) is 4.47 Å². The minimum Gasteiger partial charge on any atom is -0.454 e. The van der Waals surface area contributed by atoms with E-state index in [2.05, 4.69) is 43.8 Å². The number of ether oxygens (including phenoxy) is 2. The van der Waals surface area contributed by atoms with Gasteiger partial charge in [0.1, 0.15) is 5.82 Å². The van der Waals surface area contributed by atoms with E-state index in [0.717, 1.165) is 30.8 Å². The second-order valence-electron chi connectivity index (χ2n) is 4.29. The molecule has 0 atom stereocenters. The molecule has 1 heterocycles. The molecule has 0 fully saturated rings. The molecule has 3 rings (SSSR count). The van der Waals surface area contributed by atoms with Crippen LogP contribution >= 0.6 is 38.5 Å². The molecule has 2 aromatic rings. The van der Waals surface area contributed by atoms with Gasteiger partial charge in [-0.1, -0.05) is 0 Å². The van der Waals surface area contributed by atoms with Gasteiger partial charge in [0.25, 0.3) is 0 Å². The first-order valence-corrected chi connectivity index (χ1v) is 7.77. The highest BCUT2D eigenvalue weighted by atomic mass is 127. The summed E-state index contributed by atoms with van der Waals surface area (Å²) in [6.45, 7) is 0.873. The van der Waals surface area contributed by atoms with Crippen molar-refractivity contribution in [1.82, 2.24) is 0 Å². The molecule has 0 aromatic heterocycles. The Hall–Kier alpha value is -1.02. The molecule has 3 nitrogen and oxygen atoms in total. The van der Waals surface area contributed by atoms with Crippen molar-refractivity contribution in [1.29, 1.82) is 0 Å². The smallest absolute Gasteiger partial charge is 0.231 e. The van der Waals surface area contributed by atoms with Crippen molar-refractivity contribution in [2.24, 2.45) is 0 Å². The van der Waals surface area contributed by atoms with E-state index in [9.17, 15) is 4.39 Å². The average Bonchev–Trinajstić information content (AvgIpc) is 2.86. The van der Waals surface area contributed by atoms with Crippen LogP contribution in [0.3, 0.4) is 0 Å². The lowest BCUT2D eigenvalue weighted by Crippen LogP contribution is -2.01. The summed E-state index contributed by atoms with van der Waals surface area (Å²) in [5.41, 5.74) is 1.96. The van der Waals surface area contributed by atoms with E-state index < -0.39 is 0 Å². The highest BCUT2D eigenvalue weighted by Crippen LogP contribution is 2.40. The first-order chi connectivity index (χ1) is 9.63. The van der Waals surface area contributed by atoms with E-state index in [-0.39, 0.29) is 12.6 Å². The minimum atomic E-state index is -0.231. The predicted octanol–water partition coefficient (Wildman–Crippen LogP) is 4.53. The van der Waals surface area contributed by atoms with Crippen LogP contribution in [-0.2, 0) is 6.54 Å². The zero-order chi connectivity index (χ0) is 14.1. The third-order valence-electron chi connectivity index (χ3n) is 2.90. The van der Waals surface area contributed by atoms with E-state index >= 15 is 0 Å². The normalized spacial score (nSPS) is 12.6. The van der Waals surface area contributed by atoms with Gasteiger partial charge >= 0.3 is 0 Å². The maximum absolute atomic E-state index is 13.0. The topological polar surface area (TPSA) is 30.5 Å². The standard InChI is InChI=1S/C14H10BrFINO2/c15-10-3-8(4-13-14(10)20-7-19-13)6-18-12-2-1-9(16)5-11(12)17/h1-5,18H,6-7H2. The molecule has 0 saturated heterocycles. The number of hydrogen-bond acceptors (Lipinski definition) is 3. The van der Waals surface area contributed by atoms with Gasteiger partial charge in [-0.2, -0.15) is 0 Å². The molecule has 0 bridgehead atoms. The number of fused-ring (bicyclic) bond motifs is 1. The van der Waals surface area contributed by atoms with Crippen LogP contribution in [-0.4, -0.2) is 6.79 Å². The zero-order valence-corrected chi connectivity index (χ0v) is 14.0. The summed E-state index contributed by atoms with van der Waals surface area (Å²) in [4.78, 5) is 0. The summed E-state index contributed by atoms with van der Waals surface area (Å²) in [5, 5.41) is 3.28. The number of rotatable bonds is 3. The molecule has 1 aliphatic heterocycles. The number of nitrogens with one attached hydrogen (secondary N) is 1. The molecule has 0 aliphatic carbocycles. The fourth-order valence-electron chi connectivity index (χ4n) is 1.95. The van der Waals surface area contributed by atoms with Crippen molar-refractivity contribution in [3.05, 3.63) is 49.8 Å². The minimum absolute atomic E-state index is 0.231. The zero-order valence-electron chi connectivity index (χ0n) is 10.3. The molecule has 0 spiro atoms. The Labute approximate surface area is 137 Å². The van der Waals surface area contributed by atoms with Gasteiger partial charge < -0.3 is 14.8 Å². The van der Waals surface area contributed by atoms with Crippen LogP contribution in [0.1, 0.15) is 5.56 Å². The first kappa shape index (κ1) is 13.9. The molecule has 20 heavy (non-hydrogen) atoms. The highest BCUT2D eigenvalue weighted by Gasteiger charge is 2.17. The second kappa shape index (κ2) is 5.77. The Kier molecular flexibility index (Phi) is 4.02. The lowest BCUT2D eigenvalue weighted by atomic mass is 10.2. The molecule has 6 heteroatoms. The fraction of sp³-hybridized carbons (Fsp3) is 0.143. The van der Waals surface area contributed by atoms with Crippen LogP contribution in [0.2, 0.25) is 0 Å². The van der Waals surface area contributed by atoms with Gasteiger partial charge in [0.2, 0.25) is 6.79 Å². The molecule has 0 amide bonds. The lowest BCUT2D eigenvalue weighted by molar-refractivity contribution is 0.173. The van der Waals surface area contributed by atoms with Crippen molar-refractivity contribution in [3.63, 3.8) is 0 Å². The van der Waals surface area contributed by atoms with E-state index in [1.165, 1.54) is 12.1 Å². The lowest BCUT2D eigenvalue weighted by Gasteiger charge is -2.10. The largest absolute Gasteiger partial charge is 0.454 e. The molecule has 0 saturated carbocycles. The maximum Gasteiger partial charge on any atom is 0.231 e. The Bertz CT molecular complexity index is 666. The van der Waals surface area contributed by atoms with Crippen LogP contribution in [0.5, 0.6) is 11.5 Å². The van der Waals surface area contributed by atoms with Crippen molar-refractivity contribution in [2.75, 3.05) is 12.1 Å². The maximum atomic E-state index is 13.0. The average molecular weight is 450 g/mol. The number of halogens is 3. The molecular formula is C14H10BrFINO2. The van der Waals surface area contributed by atoms with E-state index in [1.54, 1.807) is 6.07 Å². The summed E-state index contributed by atoms with van der Waals surface area (Å²) >= 11 is 5.57. The summed E-state index contributed by atoms with van der Waals surface area (Å²) < 4.78 is 25.5. The van der Waals surface area contributed by atoms with E-state index in [4.69, 9.17) is 9.47 Å². The molecule has 2 aromatic carbocycles. The van der Waals surface area contributed by atoms with Gasteiger partial charge in [0, 0.05) is 15.8 Å². The predicted molar refractivity (Wildman–Crippen MR) is 86.7 cm³/mol. The van der Waals surface area contributed by atoms with Crippen molar-refractivity contribution < 1.29 is 13.9 Å². The summed E-state index contributed by atoms with van der Waals surface area (Å²) in [7, 11) is 0. The molecule has 104 valence electrons. The molecular weight excluding hydrogens is 440 g/mol. The Morgan fingerprint density at radius 2 is 2.10 bits per heavy atom. The Morgan fingerprint density at radius 3 is 2.90 bits per heavy atom. The molecule has 0 unspecified atom stereocenters. The SMILES string of the molecule is Fc1ccc(NCc2cc(Br)c3c(c2)OCO3)c(I)c1. The van der Waals surface area contributed by atoms with Crippen LogP contribution in [0, 0.1) is 9.39 Å². The third kappa shape index (κ3) is 2.85. The monoisotopic (exact) mass is 449 g/mol. The van der Waals surface area contributed by atoms with Crippen LogP contribution in [0.4, 0.5) is 10.1 Å². The quantitative estimate of drug-likeness (QED) is 0.698. The van der Waals surface area contributed by atoms with E-state index in [0.29, 0.717) is 6.54 Å². The molecule has 0 radical (unpaired) electrons. The van der Waals surface area contributed by atoms with Crippen LogP contribution in [0.15, 0.2) is 34.8 Å². The molecule has 1 aliphatic rings. The van der Waals surface area contributed by atoms with Gasteiger partial charge in [-0.15, -0.1) is 0 Å². The molecule has 1 N–H and O–H groups in total. The summed E-state index contributed by atoms with van der Waals surface area (Å²) in [5.74, 6) is 1.25. The van der Waals surface area contributed by atoms with Crippen molar-refractivity contribution in [3.8, 4) is 11.5 Å². The Morgan fingerprint density at radius 1 is 1.25 bits per heavy atom.